The third kappa shape index (κ3) is 2.91. The number of aryl methyl sites for hydroxylation is 1. The number of benzene rings is 1. The van der Waals surface area contributed by atoms with E-state index in [-0.39, 0.29) is 5.82 Å². The van der Waals surface area contributed by atoms with E-state index in [0.29, 0.717) is 6.54 Å². The van der Waals surface area contributed by atoms with Crippen LogP contribution in [0.3, 0.4) is 0 Å². The lowest BCUT2D eigenvalue weighted by Gasteiger charge is -2.10. The molecule has 2 heterocycles. The molecule has 0 bridgehead atoms. The smallest absolute Gasteiger partial charge is 0.125 e. The summed E-state index contributed by atoms with van der Waals surface area (Å²) in [6.45, 7) is 2.50. The Morgan fingerprint density at radius 1 is 1.24 bits per heavy atom. The Labute approximate surface area is 122 Å². The molecule has 5 heteroatoms. The molecule has 0 aliphatic carbocycles. The van der Waals surface area contributed by atoms with E-state index in [1.165, 1.54) is 12.1 Å². The maximum Gasteiger partial charge on any atom is 0.125 e. The van der Waals surface area contributed by atoms with Crippen LogP contribution in [0.2, 0.25) is 0 Å². The quantitative estimate of drug-likeness (QED) is 0.769. The molecule has 0 aliphatic rings. The Bertz CT molecular complexity index is 737. The number of aromatic amines is 1. The SMILES string of the molecule is Cc1ccc(F)cc1NCc1cn[nH]c1-c1cccnc1. The molecule has 2 N–H and O–H groups in total. The molecule has 1 aromatic carbocycles. The van der Waals surface area contributed by atoms with Crippen molar-refractivity contribution < 1.29 is 4.39 Å². The van der Waals surface area contributed by atoms with Gasteiger partial charge in [-0.05, 0) is 36.8 Å². The monoisotopic (exact) mass is 282 g/mol. The summed E-state index contributed by atoms with van der Waals surface area (Å²) in [6.07, 6.45) is 5.28. The molecule has 0 fully saturated rings. The van der Waals surface area contributed by atoms with Gasteiger partial charge in [-0.1, -0.05) is 6.07 Å². The second kappa shape index (κ2) is 5.75. The second-order valence-corrected chi connectivity index (χ2v) is 4.82. The summed E-state index contributed by atoms with van der Waals surface area (Å²) >= 11 is 0. The van der Waals surface area contributed by atoms with Crippen LogP contribution in [0.15, 0.2) is 48.9 Å². The fourth-order valence-corrected chi connectivity index (χ4v) is 2.18. The van der Waals surface area contributed by atoms with Crippen molar-refractivity contribution in [3.8, 4) is 11.3 Å². The number of halogens is 1. The average Bonchev–Trinajstić information content (AvgIpc) is 2.97. The van der Waals surface area contributed by atoms with Crippen molar-refractivity contribution in [2.75, 3.05) is 5.32 Å². The molecule has 0 amide bonds. The van der Waals surface area contributed by atoms with E-state index in [1.807, 2.05) is 19.1 Å². The van der Waals surface area contributed by atoms with Gasteiger partial charge in [0.05, 0.1) is 11.9 Å². The number of nitrogens with one attached hydrogen (secondary N) is 2. The first-order valence-electron chi connectivity index (χ1n) is 6.67. The van der Waals surface area contributed by atoms with Gasteiger partial charge in [-0.25, -0.2) is 4.39 Å². The molecule has 0 spiro atoms. The molecule has 3 aromatic rings. The first-order chi connectivity index (χ1) is 10.2. The average molecular weight is 282 g/mol. The first kappa shape index (κ1) is 13.3. The number of hydrogen-bond acceptors (Lipinski definition) is 3. The van der Waals surface area contributed by atoms with Gasteiger partial charge < -0.3 is 5.32 Å². The highest BCUT2D eigenvalue weighted by molar-refractivity contribution is 5.62. The highest BCUT2D eigenvalue weighted by Crippen LogP contribution is 2.22. The van der Waals surface area contributed by atoms with E-state index < -0.39 is 0 Å². The summed E-state index contributed by atoms with van der Waals surface area (Å²) in [6, 6.07) is 8.56. The molecule has 0 unspecified atom stereocenters. The van der Waals surface area contributed by atoms with Crippen LogP contribution in [0.4, 0.5) is 10.1 Å². The summed E-state index contributed by atoms with van der Waals surface area (Å²) in [5.41, 5.74) is 4.69. The molecular weight excluding hydrogens is 267 g/mol. The number of hydrogen-bond donors (Lipinski definition) is 2. The third-order valence-corrected chi connectivity index (χ3v) is 3.34. The van der Waals surface area contributed by atoms with Gasteiger partial charge in [0.25, 0.3) is 0 Å². The summed E-state index contributed by atoms with van der Waals surface area (Å²) in [5.74, 6) is -0.247. The van der Waals surface area contributed by atoms with Crippen LogP contribution in [0.25, 0.3) is 11.3 Å². The Hall–Kier alpha value is -2.69. The number of pyridine rings is 1. The standard InChI is InChI=1S/C16H15FN4/c1-11-4-5-14(17)7-15(11)19-9-13-10-20-21-16(13)12-3-2-6-18-8-12/h2-8,10,19H,9H2,1H3,(H,20,21). The molecule has 0 radical (unpaired) electrons. The minimum atomic E-state index is -0.247. The lowest BCUT2D eigenvalue weighted by Crippen LogP contribution is -2.02. The molecule has 0 saturated heterocycles. The molecule has 21 heavy (non-hydrogen) atoms. The molecule has 3 rings (SSSR count). The highest BCUT2D eigenvalue weighted by atomic mass is 19.1. The summed E-state index contributed by atoms with van der Waals surface area (Å²) in [4.78, 5) is 4.11. The Balaban J connectivity index is 1.81. The summed E-state index contributed by atoms with van der Waals surface area (Å²) < 4.78 is 13.3. The fraction of sp³-hybridized carbons (Fsp3) is 0.125. The van der Waals surface area contributed by atoms with E-state index in [9.17, 15) is 4.39 Å². The number of anilines is 1. The molecule has 2 aromatic heterocycles. The lowest BCUT2D eigenvalue weighted by atomic mass is 10.1. The number of rotatable bonds is 4. The largest absolute Gasteiger partial charge is 0.381 e. The Morgan fingerprint density at radius 2 is 2.14 bits per heavy atom. The summed E-state index contributed by atoms with van der Waals surface area (Å²) in [5, 5.41) is 10.3. The first-order valence-corrected chi connectivity index (χ1v) is 6.67. The van der Waals surface area contributed by atoms with Gasteiger partial charge in [0.15, 0.2) is 0 Å². The predicted molar refractivity (Wildman–Crippen MR) is 80.3 cm³/mol. The van der Waals surface area contributed by atoms with Crippen molar-refractivity contribution >= 4 is 5.69 Å². The minimum absolute atomic E-state index is 0.247. The van der Waals surface area contributed by atoms with Gasteiger partial charge in [0.1, 0.15) is 5.82 Å². The molecule has 0 atom stereocenters. The second-order valence-electron chi connectivity index (χ2n) is 4.82. The van der Waals surface area contributed by atoms with Crippen LogP contribution in [0, 0.1) is 12.7 Å². The minimum Gasteiger partial charge on any atom is -0.381 e. The van der Waals surface area contributed by atoms with Crippen LogP contribution in [0.5, 0.6) is 0 Å². The zero-order valence-corrected chi connectivity index (χ0v) is 11.6. The number of aromatic nitrogens is 3. The van der Waals surface area contributed by atoms with Crippen LogP contribution >= 0.6 is 0 Å². The number of H-pyrrole nitrogens is 1. The highest BCUT2D eigenvalue weighted by Gasteiger charge is 2.08. The van der Waals surface area contributed by atoms with Crippen LogP contribution in [0.1, 0.15) is 11.1 Å². The van der Waals surface area contributed by atoms with Crippen molar-refractivity contribution in [3.63, 3.8) is 0 Å². The Morgan fingerprint density at radius 3 is 2.95 bits per heavy atom. The topological polar surface area (TPSA) is 53.6 Å². The summed E-state index contributed by atoms with van der Waals surface area (Å²) in [7, 11) is 0. The maximum absolute atomic E-state index is 13.3. The van der Waals surface area contributed by atoms with Crippen LogP contribution in [-0.2, 0) is 6.54 Å². The van der Waals surface area contributed by atoms with E-state index in [2.05, 4.69) is 20.5 Å². The van der Waals surface area contributed by atoms with Gasteiger partial charge in [0, 0.05) is 35.8 Å². The van der Waals surface area contributed by atoms with Crippen molar-refractivity contribution in [1.29, 1.82) is 0 Å². The van der Waals surface area contributed by atoms with Crippen molar-refractivity contribution in [2.45, 2.75) is 13.5 Å². The van der Waals surface area contributed by atoms with Gasteiger partial charge in [-0.3, -0.25) is 10.1 Å². The molecule has 0 aliphatic heterocycles. The van der Waals surface area contributed by atoms with E-state index in [0.717, 1.165) is 28.1 Å². The van der Waals surface area contributed by atoms with Crippen molar-refractivity contribution in [2.24, 2.45) is 0 Å². The number of nitrogens with zero attached hydrogens (tertiary/aromatic N) is 2. The van der Waals surface area contributed by atoms with Crippen LogP contribution in [-0.4, -0.2) is 15.2 Å². The van der Waals surface area contributed by atoms with Gasteiger partial charge >= 0.3 is 0 Å². The fourth-order valence-electron chi connectivity index (χ4n) is 2.18. The van der Waals surface area contributed by atoms with Gasteiger partial charge in [-0.2, -0.15) is 5.10 Å². The molecular formula is C16H15FN4. The van der Waals surface area contributed by atoms with Gasteiger partial charge in [-0.15, -0.1) is 0 Å². The van der Waals surface area contributed by atoms with Crippen LogP contribution < -0.4 is 5.32 Å². The van der Waals surface area contributed by atoms with Crippen molar-refractivity contribution in [3.05, 3.63) is 65.9 Å². The predicted octanol–water partition coefficient (Wildman–Crippen LogP) is 3.53. The Kier molecular flexibility index (Phi) is 3.64. The van der Waals surface area contributed by atoms with E-state index in [4.69, 9.17) is 0 Å². The van der Waals surface area contributed by atoms with E-state index >= 15 is 0 Å². The lowest BCUT2D eigenvalue weighted by molar-refractivity contribution is 0.628. The van der Waals surface area contributed by atoms with E-state index in [1.54, 1.807) is 24.7 Å². The molecule has 0 saturated carbocycles. The van der Waals surface area contributed by atoms with Gasteiger partial charge in [0.2, 0.25) is 0 Å². The maximum atomic E-state index is 13.3. The molecule has 4 nitrogen and oxygen atoms in total. The van der Waals surface area contributed by atoms with Crippen molar-refractivity contribution in [1.82, 2.24) is 15.2 Å². The zero-order chi connectivity index (χ0) is 14.7. The third-order valence-electron chi connectivity index (χ3n) is 3.34. The zero-order valence-electron chi connectivity index (χ0n) is 11.6. The normalized spacial score (nSPS) is 10.6. The molecule has 106 valence electrons.